The molecule has 2 unspecified atom stereocenters. The molecule has 0 aliphatic carbocycles. The second-order valence-electron chi connectivity index (χ2n) is 3.40. The van der Waals surface area contributed by atoms with E-state index in [1.54, 1.807) is 6.26 Å². The van der Waals surface area contributed by atoms with Gasteiger partial charge in [-0.2, -0.15) is 0 Å². The monoisotopic (exact) mass is 190 g/mol. The first-order valence-electron chi connectivity index (χ1n) is 4.41. The van der Waals surface area contributed by atoms with Gasteiger partial charge in [0, 0.05) is 41.9 Å². The molecule has 0 radical (unpaired) electrons. The molecule has 1 aliphatic heterocycles. The van der Waals surface area contributed by atoms with Crippen molar-refractivity contribution in [2.75, 3.05) is 38.7 Å². The van der Waals surface area contributed by atoms with E-state index >= 15 is 0 Å². The van der Waals surface area contributed by atoms with Crippen molar-refractivity contribution in [1.82, 2.24) is 10.2 Å². The van der Waals surface area contributed by atoms with Crippen LogP contribution in [0, 0.1) is 0 Å². The quantitative estimate of drug-likeness (QED) is 0.658. The summed E-state index contributed by atoms with van der Waals surface area (Å²) in [5, 5.41) is 3.32. The molecular weight excluding hydrogens is 172 g/mol. The molecule has 3 nitrogen and oxygen atoms in total. The lowest BCUT2D eigenvalue weighted by molar-refractivity contribution is 0.272. The highest BCUT2D eigenvalue weighted by Crippen LogP contribution is 2.05. The highest BCUT2D eigenvalue weighted by Gasteiger charge is 2.18. The molecule has 0 aromatic carbocycles. The number of nitrogens with zero attached hydrogens (tertiary/aromatic N) is 1. The van der Waals surface area contributed by atoms with Crippen molar-refractivity contribution in [3.05, 3.63) is 0 Å². The van der Waals surface area contributed by atoms with Gasteiger partial charge in [0.1, 0.15) is 0 Å². The first-order chi connectivity index (χ1) is 5.70. The van der Waals surface area contributed by atoms with Gasteiger partial charge in [0.15, 0.2) is 0 Å². The van der Waals surface area contributed by atoms with Gasteiger partial charge >= 0.3 is 0 Å². The van der Waals surface area contributed by atoms with Crippen molar-refractivity contribution >= 4 is 10.8 Å². The van der Waals surface area contributed by atoms with Crippen molar-refractivity contribution in [3.63, 3.8) is 0 Å². The molecule has 0 aromatic rings. The molecule has 1 fully saturated rings. The molecule has 2 atom stereocenters. The first kappa shape index (κ1) is 10.2. The zero-order valence-corrected chi connectivity index (χ0v) is 8.69. The average molecular weight is 190 g/mol. The predicted molar refractivity (Wildman–Crippen MR) is 52.8 cm³/mol. The van der Waals surface area contributed by atoms with Crippen LogP contribution < -0.4 is 5.32 Å². The highest BCUT2D eigenvalue weighted by molar-refractivity contribution is 7.84. The summed E-state index contributed by atoms with van der Waals surface area (Å²) in [6.07, 6.45) is 2.99. The van der Waals surface area contributed by atoms with Crippen LogP contribution in [0.2, 0.25) is 0 Å². The minimum atomic E-state index is -0.648. The van der Waals surface area contributed by atoms with Gasteiger partial charge in [0.2, 0.25) is 0 Å². The Morgan fingerprint density at radius 1 is 1.67 bits per heavy atom. The molecule has 12 heavy (non-hydrogen) atoms. The summed E-state index contributed by atoms with van der Waals surface area (Å²) in [4.78, 5) is 2.31. The van der Waals surface area contributed by atoms with Crippen LogP contribution in [-0.4, -0.2) is 53.8 Å². The number of rotatable bonds is 4. The Morgan fingerprint density at radius 2 is 2.42 bits per heavy atom. The lowest BCUT2D eigenvalue weighted by atomic mass is 10.2. The third kappa shape index (κ3) is 3.21. The zero-order valence-electron chi connectivity index (χ0n) is 7.88. The Morgan fingerprint density at radius 3 is 2.92 bits per heavy atom. The molecule has 0 saturated carbocycles. The van der Waals surface area contributed by atoms with Crippen LogP contribution in [0.25, 0.3) is 0 Å². The SMILES string of the molecule is CN(CCS(C)=O)C1CCNC1. The van der Waals surface area contributed by atoms with Crippen molar-refractivity contribution in [2.45, 2.75) is 12.5 Å². The number of likely N-dealkylation sites (N-methyl/N-ethyl adjacent to an activating group) is 1. The summed E-state index contributed by atoms with van der Waals surface area (Å²) in [6, 6.07) is 0.661. The van der Waals surface area contributed by atoms with E-state index in [0.29, 0.717) is 6.04 Å². The molecule has 1 aliphatic rings. The molecule has 0 bridgehead atoms. The normalized spacial score (nSPS) is 26.4. The van der Waals surface area contributed by atoms with Crippen LogP contribution >= 0.6 is 0 Å². The van der Waals surface area contributed by atoms with Crippen LogP contribution in [0.3, 0.4) is 0 Å². The summed E-state index contributed by atoms with van der Waals surface area (Å²) in [5.74, 6) is 0.799. The molecule has 1 saturated heterocycles. The third-order valence-corrected chi connectivity index (χ3v) is 3.15. The van der Waals surface area contributed by atoms with Crippen molar-refractivity contribution in [3.8, 4) is 0 Å². The Bertz CT molecular complexity index is 157. The van der Waals surface area contributed by atoms with Crippen LogP contribution in [-0.2, 0) is 10.8 Å². The predicted octanol–water partition coefficient (Wildman–Crippen LogP) is -0.341. The molecule has 1 heterocycles. The summed E-state index contributed by atoms with van der Waals surface area (Å²) >= 11 is 0. The minimum Gasteiger partial charge on any atom is -0.315 e. The highest BCUT2D eigenvalue weighted by atomic mass is 32.2. The van der Waals surface area contributed by atoms with Crippen LogP contribution in [0.5, 0.6) is 0 Å². The summed E-state index contributed by atoms with van der Waals surface area (Å²) in [7, 11) is 1.47. The number of nitrogens with one attached hydrogen (secondary N) is 1. The van der Waals surface area contributed by atoms with Gasteiger partial charge in [-0.3, -0.25) is 4.21 Å². The Hall–Kier alpha value is 0.0700. The zero-order chi connectivity index (χ0) is 8.97. The van der Waals surface area contributed by atoms with Gasteiger partial charge in [-0.15, -0.1) is 0 Å². The maximum Gasteiger partial charge on any atom is 0.0359 e. The van der Waals surface area contributed by atoms with Crippen molar-refractivity contribution in [1.29, 1.82) is 0 Å². The third-order valence-electron chi connectivity index (χ3n) is 2.39. The molecule has 1 rings (SSSR count). The van der Waals surface area contributed by atoms with E-state index in [-0.39, 0.29) is 0 Å². The summed E-state index contributed by atoms with van der Waals surface area (Å²) in [5.41, 5.74) is 0. The van der Waals surface area contributed by atoms with E-state index in [1.165, 1.54) is 6.42 Å². The summed E-state index contributed by atoms with van der Waals surface area (Å²) in [6.45, 7) is 3.17. The largest absolute Gasteiger partial charge is 0.315 e. The molecule has 4 heteroatoms. The van der Waals surface area contributed by atoms with E-state index < -0.39 is 10.8 Å². The second kappa shape index (κ2) is 4.94. The Balaban J connectivity index is 2.17. The molecular formula is C8H18N2OS. The minimum absolute atomic E-state index is 0.648. The van der Waals surface area contributed by atoms with Crippen LogP contribution in [0.1, 0.15) is 6.42 Å². The Labute approximate surface area is 77.0 Å². The van der Waals surface area contributed by atoms with Crippen molar-refractivity contribution in [2.24, 2.45) is 0 Å². The van der Waals surface area contributed by atoms with Gasteiger partial charge in [-0.25, -0.2) is 0 Å². The summed E-state index contributed by atoms with van der Waals surface area (Å²) < 4.78 is 10.8. The van der Waals surface area contributed by atoms with E-state index in [4.69, 9.17) is 0 Å². The van der Waals surface area contributed by atoms with E-state index in [1.807, 2.05) is 0 Å². The topological polar surface area (TPSA) is 32.3 Å². The van der Waals surface area contributed by atoms with E-state index in [0.717, 1.165) is 25.4 Å². The molecule has 0 aromatic heterocycles. The lowest BCUT2D eigenvalue weighted by Gasteiger charge is -2.22. The number of hydrogen-bond acceptors (Lipinski definition) is 3. The van der Waals surface area contributed by atoms with Gasteiger partial charge in [-0.05, 0) is 20.0 Å². The first-order valence-corrected chi connectivity index (χ1v) is 6.14. The van der Waals surface area contributed by atoms with Crippen LogP contribution in [0.15, 0.2) is 0 Å². The molecule has 0 spiro atoms. The standard InChI is InChI=1S/C8H18N2OS/c1-10(5-6-12(2)11)8-3-4-9-7-8/h8-9H,3-7H2,1-2H3. The maximum absolute atomic E-state index is 10.8. The van der Waals surface area contributed by atoms with Gasteiger partial charge in [0.25, 0.3) is 0 Å². The fourth-order valence-corrected chi connectivity index (χ4v) is 2.02. The fraction of sp³-hybridized carbons (Fsp3) is 1.00. The maximum atomic E-state index is 10.8. The average Bonchev–Trinajstić information content (AvgIpc) is 2.51. The second-order valence-corrected chi connectivity index (χ2v) is 4.96. The smallest absolute Gasteiger partial charge is 0.0359 e. The lowest BCUT2D eigenvalue weighted by Crippen LogP contribution is -2.35. The van der Waals surface area contributed by atoms with Crippen molar-refractivity contribution < 1.29 is 4.21 Å². The van der Waals surface area contributed by atoms with Gasteiger partial charge < -0.3 is 10.2 Å². The van der Waals surface area contributed by atoms with Gasteiger partial charge in [0.05, 0.1) is 0 Å². The molecule has 72 valence electrons. The fourth-order valence-electron chi connectivity index (χ4n) is 1.47. The molecule has 1 N–H and O–H groups in total. The number of hydrogen-bond donors (Lipinski definition) is 1. The van der Waals surface area contributed by atoms with Gasteiger partial charge in [-0.1, -0.05) is 0 Å². The Kier molecular flexibility index (Phi) is 4.18. The van der Waals surface area contributed by atoms with Crippen LogP contribution in [0.4, 0.5) is 0 Å². The van der Waals surface area contributed by atoms with E-state index in [2.05, 4.69) is 17.3 Å². The molecule has 0 amide bonds. The van der Waals surface area contributed by atoms with E-state index in [9.17, 15) is 4.21 Å².